The summed E-state index contributed by atoms with van der Waals surface area (Å²) in [5, 5.41) is 1.28. The Kier molecular flexibility index (Phi) is 5.45. The third kappa shape index (κ3) is 3.70. The second-order valence-corrected chi connectivity index (χ2v) is 10.00. The van der Waals surface area contributed by atoms with Crippen LogP contribution in [0.5, 0.6) is 0 Å². The molecule has 4 aromatic carbocycles. The lowest BCUT2D eigenvalue weighted by Crippen LogP contribution is -2.34. The molecule has 6 aromatic rings. The molecule has 0 fully saturated rings. The maximum atomic E-state index is 2.43. The predicted molar refractivity (Wildman–Crippen MR) is 150 cm³/mol. The van der Waals surface area contributed by atoms with Crippen LogP contribution in [-0.4, -0.2) is 4.40 Å². The Bertz CT molecular complexity index is 1700. The van der Waals surface area contributed by atoms with E-state index in [9.17, 15) is 0 Å². The molecule has 0 atom stereocenters. The largest absolute Gasteiger partial charge is 0.295 e. The zero-order valence-corrected chi connectivity index (χ0v) is 21.4. The van der Waals surface area contributed by atoms with Crippen LogP contribution in [0.15, 0.2) is 103 Å². The molecular weight excluding hydrogens is 436 g/mol. The standard InChI is InChI=1S/C34H31N2/c1-23-15-16-31-29(21-23)32(27-11-7-5-8-12-27)33(28-13-9-6-10-14-28)34-35(17-18-36(31)34)22-30-25(3)19-24(2)20-26(30)4/h5-21H,22H2,1-4H3/q+1. The number of fused-ring (bicyclic) bond motifs is 3. The van der Waals surface area contributed by atoms with E-state index in [4.69, 9.17) is 0 Å². The van der Waals surface area contributed by atoms with Crippen LogP contribution < -0.4 is 4.57 Å². The molecule has 0 spiro atoms. The lowest BCUT2D eigenvalue weighted by molar-refractivity contribution is -0.661. The number of pyridine rings is 1. The monoisotopic (exact) mass is 467 g/mol. The summed E-state index contributed by atoms with van der Waals surface area (Å²) in [7, 11) is 0. The van der Waals surface area contributed by atoms with Gasteiger partial charge >= 0.3 is 0 Å². The van der Waals surface area contributed by atoms with E-state index < -0.39 is 0 Å². The molecule has 2 aromatic heterocycles. The van der Waals surface area contributed by atoms with Crippen LogP contribution in [-0.2, 0) is 6.54 Å². The molecule has 0 amide bonds. The van der Waals surface area contributed by atoms with E-state index in [-0.39, 0.29) is 0 Å². The van der Waals surface area contributed by atoms with Crippen molar-refractivity contribution in [2.45, 2.75) is 34.2 Å². The molecule has 0 aliphatic heterocycles. The summed E-state index contributed by atoms with van der Waals surface area (Å²) in [6.07, 6.45) is 4.47. The first-order valence-electron chi connectivity index (χ1n) is 12.7. The zero-order chi connectivity index (χ0) is 24.8. The molecule has 176 valence electrons. The maximum absolute atomic E-state index is 2.43. The average Bonchev–Trinajstić information content (AvgIpc) is 3.29. The molecule has 0 aliphatic rings. The van der Waals surface area contributed by atoms with Gasteiger partial charge in [-0.2, -0.15) is 4.40 Å². The first-order chi connectivity index (χ1) is 17.5. The molecule has 0 saturated heterocycles. The van der Waals surface area contributed by atoms with Gasteiger partial charge in [0.1, 0.15) is 24.5 Å². The quantitative estimate of drug-likeness (QED) is 0.232. The topological polar surface area (TPSA) is 8.29 Å². The van der Waals surface area contributed by atoms with E-state index in [2.05, 4.69) is 140 Å². The van der Waals surface area contributed by atoms with Crippen molar-refractivity contribution in [3.05, 3.63) is 131 Å². The number of hydrogen-bond donors (Lipinski definition) is 0. The Morgan fingerprint density at radius 1 is 0.639 bits per heavy atom. The molecule has 0 bridgehead atoms. The molecule has 0 radical (unpaired) electrons. The van der Waals surface area contributed by atoms with Crippen molar-refractivity contribution in [3.8, 4) is 22.3 Å². The van der Waals surface area contributed by atoms with Gasteiger partial charge in [0.05, 0.1) is 5.56 Å². The van der Waals surface area contributed by atoms with Gasteiger partial charge in [-0.3, -0.25) is 0 Å². The van der Waals surface area contributed by atoms with Gasteiger partial charge in [-0.1, -0.05) is 90.0 Å². The molecule has 36 heavy (non-hydrogen) atoms. The number of benzene rings is 4. The van der Waals surface area contributed by atoms with Crippen molar-refractivity contribution in [1.82, 2.24) is 4.40 Å². The number of imidazole rings is 1. The van der Waals surface area contributed by atoms with Crippen molar-refractivity contribution in [2.24, 2.45) is 0 Å². The number of aromatic nitrogens is 2. The van der Waals surface area contributed by atoms with Crippen molar-refractivity contribution < 1.29 is 4.57 Å². The first-order valence-corrected chi connectivity index (χ1v) is 12.7. The van der Waals surface area contributed by atoms with E-state index >= 15 is 0 Å². The Labute approximate surface area is 213 Å². The second-order valence-electron chi connectivity index (χ2n) is 10.00. The second kappa shape index (κ2) is 8.80. The first kappa shape index (κ1) is 22.3. The molecule has 0 saturated carbocycles. The smallest absolute Gasteiger partial charge is 0.225 e. The van der Waals surface area contributed by atoms with Crippen LogP contribution in [0, 0.1) is 27.7 Å². The molecule has 2 nitrogen and oxygen atoms in total. The lowest BCUT2D eigenvalue weighted by atomic mass is 9.91. The predicted octanol–water partition coefficient (Wildman–Crippen LogP) is 8.00. The SMILES string of the molecule is Cc1cc(C)c(C[n+]2ccn3c4ccc(C)cc4c(-c4ccccc4)c(-c4ccccc4)c32)c(C)c1. The van der Waals surface area contributed by atoms with Gasteiger partial charge in [0.25, 0.3) is 5.65 Å². The van der Waals surface area contributed by atoms with Gasteiger partial charge in [0.15, 0.2) is 0 Å². The molecule has 2 heteroatoms. The highest BCUT2D eigenvalue weighted by molar-refractivity contribution is 6.07. The molecular formula is C34H31N2+. The molecule has 6 rings (SSSR count). The Morgan fingerprint density at radius 3 is 1.89 bits per heavy atom. The molecule has 0 unspecified atom stereocenters. The number of rotatable bonds is 4. The van der Waals surface area contributed by atoms with Crippen LogP contribution in [0.4, 0.5) is 0 Å². The summed E-state index contributed by atoms with van der Waals surface area (Å²) < 4.78 is 4.81. The van der Waals surface area contributed by atoms with Crippen molar-refractivity contribution in [1.29, 1.82) is 0 Å². The number of hydrogen-bond acceptors (Lipinski definition) is 0. The highest BCUT2D eigenvalue weighted by atomic mass is 15.1. The minimum Gasteiger partial charge on any atom is -0.225 e. The van der Waals surface area contributed by atoms with Crippen molar-refractivity contribution >= 4 is 16.6 Å². The third-order valence-electron chi connectivity index (χ3n) is 7.34. The molecule has 2 heterocycles. The van der Waals surface area contributed by atoms with Crippen LogP contribution in [0.25, 0.3) is 38.8 Å². The maximum Gasteiger partial charge on any atom is 0.295 e. The van der Waals surface area contributed by atoms with Gasteiger partial charge < -0.3 is 0 Å². The molecule has 0 aliphatic carbocycles. The Morgan fingerprint density at radius 2 is 1.25 bits per heavy atom. The average molecular weight is 468 g/mol. The summed E-state index contributed by atoms with van der Waals surface area (Å²) in [6.45, 7) is 9.66. The normalized spacial score (nSPS) is 11.4. The molecule has 0 N–H and O–H groups in total. The highest BCUT2D eigenvalue weighted by Gasteiger charge is 2.26. The van der Waals surface area contributed by atoms with Crippen LogP contribution >= 0.6 is 0 Å². The van der Waals surface area contributed by atoms with Crippen LogP contribution in [0.1, 0.15) is 27.8 Å². The Balaban J connectivity index is 1.76. The van der Waals surface area contributed by atoms with Gasteiger partial charge in [-0.05, 0) is 67.6 Å². The number of nitrogens with zero attached hydrogens (tertiary/aromatic N) is 2. The minimum absolute atomic E-state index is 0.833. The summed E-state index contributed by atoms with van der Waals surface area (Å²) in [5.74, 6) is 0. The van der Waals surface area contributed by atoms with Gasteiger partial charge in [-0.25, -0.2) is 4.57 Å². The summed E-state index contributed by atoms with van der Waals surface area (Å²) in [6, 6.07) is 33.1. The Hall–Kier alpha value is -4.17. The van der Waals surface area contributed by atoms with E-state index in [1.165, 1.54) is 66.6 Å². The highest BCUT2D eigenvalue weighted by Crippen LogP contribution is 2.40. The lowest BCUT2D eigenvalue weighted by Gasteiger charge is -2.16. The van der Waals surface area contributed by atoms with Gasteiger partial charge in [0.2, 0.25) is 0 Å². The van der Waals surface area contributed by atoms with E-state index in [0.717, 1.165) is 6.54 Å². The summed E-state index contributed by atoms with van der Waals surface area (Å²) in [5.41, 5.74) is 14.1. The van der Waals surface area contributed by atoms with Crippen LogP contribution in [0.3, 0.4) is 0 Å². The fraction of sp³-hybridized carbons (Fsp3) is 0.147. The van der Waals surface area contributed by atoms with Crippen LogP contribution in [0.2, 0.25) is 0 Å². The fourth-order valence-corrected chi connectivity index (χ4v) is 5.73. The van der Waals surface area contributed by atoms with Crippen molar-refractivity contribution in [2.75, 3.05) is 0 Å². The van der Waals surface area contributed by atoms with E-state index in [1.54, 1.807) is 0 Å². The summed E-state index contributed by atoms with van der Waals surface area (Å²) >= 11 is 0. The third-order valence-corrected chi connectivity index (χ3v) is 7.34. The van der Waals surface area contributed by atoms with Gasteiger partial charge in [-0.15, -0.1) is 0 Å². The van der Waals surface area contributed by atoms with Crippen molar-refractivity contribution in [3.63, 3.8) is 0 Å². The zero-order valence-electron chi connectivity index (χ0n) is 21.4. The fourth-order valence-electron chi connectivity index (χ4n) is 5.73. The minimum atomic E-state index is 0.833. The van der Waals surface area contributed by atoms with E-state index in [0.29, 0.717) is 0 Å². The van der Waals surface area contributed by atoms with E-state index in [1.807, 2.05) is 0 Å². The number of aryl methyl sites for hydroxylation is 4. The summed E-state index contributed by atoms with van der Waals surface area (Å²) in [4.78, 5) is 0. The van der Waals surface area contributed by atoms with Gasteiger partial charge in [0, 0.05) is 10.9 Å².